The molecule has 5 heteroatoms. The highest BCUT2D eigenvalue weighted by molar-refractivity contribution is 5.81. The van der Waals surface area contributed by atoms with Crippen LogP contribution in [0, 0.1) is 6.92 Å². The highest BCUT2D eigenvalue weighted by atomic mass is 19.3. The Morgan fingerprint density at radius 1 is 1.44 bits per heavy atom. The van der Waals surface area contributed by atoms with E-state index in [0.29, 0.717) is 24.0 Å². The molecule has 0 N–H and O–H groups in total. The number of carbonyl (C=O) groups excluding carboxylic acids is 1. The van der Waals surface area contributed by atoms with Crippen molar-refractivity contribution in [2.24, 2.45) is 0 Å². The number of rotatable bonds is 5. The van der Waals surface area contributed by atoms with Gasteiger partial charge in [0, 0.05) is 5.56 Å². The van der Waals surface area contributed by atoms with Crippen LogP contribution in [0.3, 0.4) is 0 Å². The van der Waals surface area contributed by atoms with Gasteiger partial charge < -0.3 is 9.47 Å². The molecule has 0 radical (unpaired) electrons. The molecule has 0 aliphatic heterocycles. The van der Waals surface area contributed by atoms with Crippen molar-refractivity contribution in [3.8, 4) is 11.5 Å². The van der Waals surface area contributed by atoms with Crippen LogP contribution in [-0.2, 0) is 0 Å². The van der Waals surface area contributed by atoms with E-state index in [0.717, 1.165) is 0 Å². The normalized spacial score (nSPS) is 10.3. The molecule has 0 amide bonds. The number of hydrogen-bond acceptors (Lipinski definition) is 3. The summed E-state index contributed by atoms with van der Waals surface area (Å²) in [5, 5.41) is 0. The van der Waals surface area contributed by atoms with Crippen molar-refractivity contribution >= 4 is 6.29 Å². The Kier molecular flexibility index (Phi) is 4.22. The number of aldehydes is 1. The average molecular weight is 230 g/mol. The smallest absolute Gasteiger partial charge is 0.387 e. The van der Waals surface area contributed by atoms with Gasteiger partial charge in [0.1, 0.15) is 11.5 Å². The van der Waals surface area contributed by atoms with Crippen LogP contribution in [0.5, 0.6) is 11.5 Å². The van der Waals surface area contributed by atoms with Crippen molar-refractivity contribution in [3.63, 3.8) is 0 Å². The SMILES string of the molecule is CCOc1c(C=O)ccc(OC(F)F)c1C. The highest BCUT2D eigenvalue weighted by Crippen LogP contribution is 2.31. The number of halogens is 2. The molecule has 88 valence electrons. The van der Waals surface area contributed by atoms with Crippen molar-refractivity contribution in [3.05, 3.63) is 23.3 Å². The predicted octanol–water partition coefficient (Wildman–Crippen LogP) is 2.81. The number of ether oxygens (including phenoxy) is 2. The fourth-order valence-corrected chi connectivity index (χ4v) is 1.35. The van der Waals surface area contributed by atoms with Gasteiger partial charge in [-0.2, -0.15) is 8.78 Å². The maximum absolute atomic E-state index is 12.1. The molecule has 1 aromatic rings. The maximum atomic E-state index is 12.1. The Morgan fingerprint density at radius 2 is 2.12 bits per heavy atom. The van der Waals surface area contributed by atoms with Crippen molar-refractivity contribution in [2.45, 2.75) is 20.5 Å². The third kappa shape index (κ3) is 2.68. The number of carbonyl (C=O) groups is 1. The van der Waals surface area contributed by atoms with E-state index in [-0.39, 0.29) is 11.5 Å². The summed E-state index contributed by atoms with van der Waals surface area (Å²) < 4.78 is 33.7. The molecule has 0 saturated heterocycles. The molecule has 0 unspecified atom stereocenters. The van der Waals surface area contributed by atoms with Gasteiger partial charge in [0.2, 0.25) is 0 Å². The first kappa shape index (κ1) is 12.4. The molecule has 1 rings (SSSR count). The largest absolute Gasteiger partial charge is 0.493 e. The van der Waals surface area contributed by atoms with Gasteiger partial charge in [-0.1, -0.05) is 0 Å². The predicted molar refractivity (Wildman–Crippen MR) is 54.4 cm³/mol. The molecule has 0 spiro atoms. The second kappa shape index (κ2) is 5.44. The van der Waals surface area contributed by atoms with E-state index < -0.39 is 6.61 Å². The zero-order chi connectivity index (χ0) is 12.1. The van der Waals surface area contributed by atoms with Gasteiger partial charge in [-0.25, -0.2) is 0 Å². The summed E-state index contributed by atoms with van der Waals surface area (Å²) in [6.45, 7) is 0.764. The van der Waals surface area contributed by atoms with Gasteiger partial charge in [-0.05, 0) is 26.0 Å². The average Bonchev–Trinajstić information content (AvgIpc) is 2.24. The van der Waals surface area contributed by atoms with E-state index in [4.69, 9.17) is 4.74 Å². The Balaban J connectivity index is 3.14. The highest BCUT2D eigenvalue weighted by Gasteiger charge is 2.14. The van der Waals surface area contributed by atoms with E-state index >= 15 is 0 Å². The van der Waals surface area contributed by atoms with Crippen LogP contribution in [0.1, 0.15) is 22.8 Å². The van der Waals surface area contributed by atoms with Crippen LogP contribution >= 0.6 is 0 Å². The van der Waals surface area contributed by atoms with Gasteiger partial charge in [0.15, 0.2) is 6.29 Å². The van der Waals surface area contributed by atoms with E-state index in [1.807, 2.05) is 0 Å². The topological polar surface area (TPSA) is 35.5 Å². The molecule has 0 bridgehead atoms. The van der Waals surface area contributed by atoms with Crippen LogP contribution in [-0.4, -0.2) is 19.5 Å². The Hall–Kier alpha value is -1.65. The van der Waals surface area contributed by atoms with E-state index in [2.05, 4.69) is 4.74 Å². The molecule has 0 heterocycles. The lowest BCUT2D eigenvalue weighted by atomic mass is 10.1. The molecule has 3 nitrogen and oxygen atoms in total. The van der Waals surface area contributed by atoms with Crippen LogP contribution in [0.2, 0.25) is 0 Å². The standard InChI is InChI=1S/C11H12F2O3/c1-3-15-10-7(2)9(16-11(12)13)5-4-8(10)6-14/h4-6,11H,3H2,1-2H3. The molecular weight excluding hydrogens is 218 g/mol. The molecule has 0 aliphatic rings. The zero-order valence-electron chi connectivity index (χ0n) is 9.00. The third-order valence-electron chi connectivity index (χ3n) is 2.02. The zero-order valence-corrected chi connectivity index (χ0v) is 9.00. The van der Waals surface area contributed by atoms with E-state index in [1.165, 1.54) is 12.1 Å². The first-order chi connectivity index (χ1) is 7.60. The van der Waals surface area contributed by atoms with Gasteiger partial charge in [0.05, 0.1) is 12.2 Å². The summed E-state index contributed by atoms with van der Waals surface area (Å²) in [6.07, 6.45) is 0.615. The molecule has 1 aromatic carbocycles. The van der Waals surface area contributed by atoms with Gasteiger partial charge in [0.25, 0.3) is 0 Å². The molecule has 16 heavy (non-hydrogen) atoms. The summed E-state index contributed by atoms with van der Waals surface area (Å²) in [5.74, 6) is 0.305. The van der Waals surface area contributed by atoms with Gasteiger partial charge >= 0.3 is 6.61 Å². The lowest BCUT2D eigenvalue weighted by molar-refractivity contribution is -0.0504. The van der Waals surface area contributed by atoms with Crippen molar-refractivity contribution in [2.75, 3.05) is 6.61 Å². The molecule has 0 aliphatic carbocycles. The monoisotopic (exact) mass is 230 g/mol. The maximum Gasteiger partial charge on any atom is 0.387 e. The molecular formula is C11H12F2O3. The summed E-state index contributed by atoms with van der Waals surface area (Å²) in [6, 6.07) is 2.72. The number of alkyl halides is 2. The molecule has 0 saturated carbocycles. The van der Waals surface area contributed by atoms with Gasteiger partial charge in [-0.15, -0.1) is 0 Å². The quantitative estimate of drug-likeness (QED) is 0.729. The minimum absolute atomic E-state index is 0.0176. The van der Waals surface area contributed by atoms with Crippen LogP contribution in [0.4, 0.5) is 8.78 Å². The molecule has 0 aromatic heterocycles. The van der Waals surface area contributed by atoms with Crippen LogP contribution < -0.4 is 9.47 Å². The van der Waals surface area contributed by atoms with E-state index in [1.54, 1.807) is 13.8 Å². The second-order valence-corrected chi connectivity index (χ2v) is 3.04. The lowest BCUT2D eigenvalue weighted by Gasteiger charge is -2.14. The fourth-order valence-electron chi connectivity index (χ4n) is 1.35. The number of benzene rings is 1. The summed E-state index contributed by atoms with van der Waals surface area (Å²) in [4.78, 5) is 10.7. The minimum atomic E-state index is -2.89. The van der Waals surface area contributed by atoms with Crippen LogP contribution in [0.15, 0.2) is 12.1 Å². The van der Waals surface area contributed by atoms with Crippen LogP contribution in [0.25, 0.3) is 0 Å². The van der Waals surface area contributed by atoms with Gasteiger partial charge in [-0.3, -0.25) is 4.79 Å². The fraction of sp³-hybridized carbons (Fsp3) is 0.364. The molecule has 0 atom stereocenters. The second-order valence-electron chi connectivity index (χ2n) is 3.04. The third-order valence-corrected chi connectivity index (χ3v) is 2.02. The summed E-state index contributed by atoms with van der Waals surface area (Å²) in [5.41, 5.74) is 0.715. The Labute approximate surface area is 92.0 Å². The van der Waals surface area contributed by atoms with Crippen molar-refractivity contribution < 1.29 is 23.0 Å². The first-order valence-corrected chi connectivity index (χ1v) is 4.76. The van der Waals surface area contributed by atoms with Crippen molar-refractivity contribution in [1.29, 1.82) is 0 Å². The summed E-state index contributed by atoms with van der Waals surface area (Å²) >= 11 is 0. The number of hydrogen-bond donors (Lipinski definition) is 0. The first-order valence-electron chi connectivity index (χ1n) is 4.76. The van der Waals surface area contributed by atoms with Crippen molar-refractivity contribution in [1.82, 2.24) is 0 Å². The summed E-state index contributed by atoms with van der Waals surface area (Å²) in [7, 11) is 0. The Bertz CT molecular complexity index is 378. The minimum Gasteiger partial charge on any atom is -0.493 e. The Morgan fingerprint density at radius 3 is 2.62 bits per heavy atom. The lowest BCUT2D eigenvalue weighted by Crippen LogP contribution is -2.06. The molecule has 0 fully saturated rings. The van der Waals surface area contributed by atoms with E-state index in [9.17, 15) is 13.6 Å².